The number of para-hydroxylation sites is 1. The van der Waals surface area contributed by atoms with Crippen molar-refractivity contribution in [1.82, 2.24) is 5.32 Å². The van der Waals surface area contributed by atoms with Crippen LogP contribution in [0.25, 0.3) is 0 Å². The fraction of sp³-hybridized carbons (Fsp3) is 0.167. The first-order valence-corrected chi connectivity index (χ1v) is 7.86. The third kappa shape index (κ3) is 6.16. The van der Waals surface area contributed by atoms with E-state index in [4.69, 9.17) is 21.6 Å². The van der Waals surface area contributed by atoms with E-state index in [1.807, 2.05) is 0 Å². The molecule has 0 fully saturated rings. The van der Waals surface area contributed by atoms with Crippen molar-refractivity contribution in [3.05, 3.63) is 59.1 Å². The number of benzene rings is 2. The first-order valence-electron chi connectivity index (χ1n) is 7.48. The third-order valence-corrected chi connectivity index (χ3v) is 3.44. The van der Waals surface area contributed by atoms with Crippen molar-refractivity contribution in [2.45, 2.75) is 13.0 Å². The summed E-state index contributed by atoms with van der Waals surface area (Å²) in [5.74, 6) is -0.149. The minimum Gasteiger partial charge on any atom is -0.484 e. The number of nitriles is 1. The Morgan fingerprint density at radius 2 is 1.80 bits per heavy atom. The van der Waals surface area contributed by atoms with E-state index in [2.05, 4.69) is 10.6 Å². The van der Waals surface area contributed by atoms with Crippen molar-refractivity contribution in [3.63, 3.8) is 0 Å². The maximum atomic E-state index is 11.9. The van der Waals surface area contributed by atoms with Crippen LogP contribution >= 0.6 is 11.6 Å². The van der Waals surface area contributed by atoms with Gasteiger partial charge in [-0.05, 0) is 35.9 Å². The van der Waals surface area contributed by atoms with Gasteiger partial charge in [-0.2, -0.15) is 5.26 Å². The molecule has 0 radical (unpaired) electrons. The molecule has 2 rings (SSSR count). The number of rotatable bonds is 7. The number of amides is 2. The number of ether oxygens (including phenoxy) is 1. The number of nitrogens with one attached hydrogen (secondary N) is 2. The van der Waals surface area contributed by atoms with Gasteiger partial charge in [-0.15, -0.1) is 0 Å². The van der Waals surface area contributed by atoms with Crippen molar-refractivity contribution in [2.24, 2.45) is 0 Å². The predicted octanol–water partition coefficient (Wildman–Crippen LogP) is 2.89. The van der Waals surface area contributed by atoms with Crippen LogP contribution in [-0.2, 0) is 16.1 Å². The molecule has 2 aromatic carbocycles. The van der Waals surface area contributed by atoms with Crippen LogP contribution in [0.5, 0.6) is 5.75 Å². The lowest BCUT2D eigenvalue weighted by Crippen LogP contribution is -2.28. The molecule has 2 aromatic rings. The van der Waals surface area contributed by atoms with E-state index < -0.39 is 5.91 Å². The second kappa shape index (κ2) is 9.30. The summed E-state index contributed by atoms with van der Waals surface area (Å²) in [6.45, 7) is 0.0937. The molecule has 6 nitrogen and oxygen atoms in total. The Morgan fingerprint density at radius 1 is 1.08 bits per heavy atom. The van der Waals surface area contributed by atoms with E-state index in [-0.39, 0.29) is 25.5 Å². The van der Waals surface area contributed by atoms with Gasteiger partial charge in [0.1, 0.15) is 12.2 Å². The summed E-state index contributed by atoms with van der Waals surface area (Å²) in [7, 11) is 0. The lowest BCUT2D eigenvalue weighted by Gasteiger charge is -2.11. The summed E-state index contributed by atoms with van der Waals surface area (Å²) in [5, 5.41) is 14.5. The van der Waals surface area contributed by atoms with Crippen LogP contribution in [0.2, 0.25) is 5.02 Å². The topological polar surface area (TPSA) is 91.2 Å². The Bertz CT molecular complexity index is 785. The van der Waals surface area contributed by atoms with Crippen LogP contribution in [0.15, 0.2) is 48.5 Å². The molecule has 0 spiro atoms. The van der Waals surface area contributed by atoms with Gasteiger partial charge in [0, 0.05) is 17.3 Å². The highest BCUT2D eigenvalue weighted by atomic mass is 35.5. The van der Waals surface area contributed by atoms with Crippen LogP contribution in [0.4, 0.5) is 5.69 Å². The highest BCUT2D eigenvalue weighted by Crippen LogP contribution is 2.16. The number of hydrogen-bond donors (Lipinski definition) is 2. The van der Waals surface area contributed by atoms with Crippen molar-refractivity contribution in [1.29, 1.82) is 5.26 Å². The van der Waals surface area contributed by atoms with Crippen LogP contribution in [0, 0.1) is 11.3 Å². The molecule has 25 heavy (non-hydrogen) atoms. The van der Waals surface area contributed by atoms with Gasteiger partial charge in [0.05, 0.1) is 6.07 Å². The molecule has 0 heterocycles. The van der Waals surface area contributed by atoms with Crippen molar-refractivity contribution >= 4 is 29.1 Å². The number of hydrogen-bond acceptors (Lipinski definition) is 4. The standard InChI is InChI=1S/C18H16ClN3O3/c19-14-5-7-15(8-6-14)25-12-18(24)21-11-13-3-1-2-4-16(13)22-17(23)9-10-20/h1-8H,9,11-12H2,(H,21,24)(H,22,23). The highest BCUT2D eigenvalue weighted by molar-refractivity contribution is 6.30. The van der Waals surface area contributed by atoms with Crippen molar-refractivity contribution < 1.29 is 14.3 Å². The van der Waals surface area contributed by atoms with Gasteiger partial charge in [-0.25, -0.2) is 0 Å². The van der Waals surface area contributed by atoms with E-state index in [0.29, 0.717) is 16.5 Å². The molecule has 0 aliphatic rings. The lowest BCUT2D eigenvalue weighted by atomic mass is 10.1. The van der Waals surface area contributed by atoms with Gasteiger partial charge in [-0.3, -0.25) is 9.59 Å². The van der Waals surface area contributed by atoms with E-state index in [9.17, 15) is 9.59 Å². The zero-order valence-corrected chi connectivity index (χ0v) is 14.0. The minimum atomic E-state index is -0.396. The van der Waals surface area contributed by atoms with Gasteiger partial charge in [-0.1, -0.05) is 29.8 Å². The average Bonchev–Trinajstić information content (AvgIpc) is 2.60. The maximum absolute atomic E-state index is 11.9. The highest BCUT2D eigenvalue weighted by Gasteiger charge is 2.08. The van der Waals surface area contributed by atoms with Gasteiger partial charge in [0.2, 0.25) is 5.91 Å². The molecule has 0 saturated carbocycles. The van der Waals surface area contributed by atoms with Crippen LogP contribution in [0.3, 0.4) is 0 Å². The quantitative estimate of drug-likeness (QED) is 0.797. The fourth-order valence-electron chi connectivity index (χ4n) is 1.99. The van der Waals surface area contributed by atoms with Gasteiger partial charge in [0.25, 0.3) is 5.91 Å². The zero-order chi connectivity index (χ0) is 18.1. The monoisotopic (exact) mass is 357 g/mol. The van der Waals surface area contributed by atoms with E-state index in [1.165, 1.54) is 0 Å². The first kappa shape index (κ1) is 18.3. The van der Waals surface area contributed by atoms with E-state index in [0.717, 1.165) is 5.56 Å². The summed E-state index contributed by atoms with van der Waals surface area (Å²) in [6.07, 6.45) is -0.227. The Morgan fingerprint density at radius 3 is 2.52 bits per heavy atom. The van der Waals surface area contributed by atoms with Gasteiger partial charge >= 0.3 is 0 Å². The summed E-state index contributed by atoms with van der Waals surface area (Å²) in [5.41, 5.74) is 1.29. The molecule has 128 valence electrons. The summed E-state index contributed by atoms with van der Waals surface area (Å²) in [6, 6.07) is 15.5. The summed E-state index contributed by atoms with van der Waals surface area (Å²) in [4.78, 5) is 23.4. The predicted molar refractivity (Wildman–Crippen MR) is 94.1 cm³/mol. The Balaban J connectivity index is 1.86. The molecule has 0 aliphatic heterocycles. The summed E-state index contributed by atoms with van der Waals surface area (Å²) >= 11 is 5.78. The normalized spacial score (nSPS) is 9.76. The first-order chi connectivity index (χ1) is 12.1. The molecule has 0 unspecified atom stereocenters. The number of nitrogens with zero attached hydrogens (tertiary/aromatic N) is 1. The van der Waals surface area contributed by atoms with Gasteiger partial charge in [0.15, 0.2) is 6.61 Å². The smallest absolute Gasteiger partial charge is 0.258 e. The molecule has 0 aromatic heterocycles. The summed E-state index contributed by atoms with van der Waals surface area (Å²) < 4.78 is 5.36. The minimum absolute atomic E-state index is 0.134. The van der Waals surface area contributed by atoms with Crippen molar-refractivity contribution in [2.75, 3.05) is 11.9 Å². The third-order valence-electron chi connectivity index (χ3n) is 3.19. The molecular formula is C18H16ClN3O3. The molecule has 0 bridgehead atoms. The Kier molecular flexibility index (Phi) is 6.81. The number of anilines is 1. The zero-order valence-electron chi connectivity index (χ0n) is 13.3. The molecule has 7 heteroatoms. The van der Waals surface area contributed by atoms with E-state index >= 15 is 0 Å². The SMILES string of the molecule is N#CCC(=O)Nc1ccccc1CNC(=O)COc1ccc(Cl)cc1. The Labute approximate surface area is 150 Å². The lowest BCUT2D eigenvalue weighted by molar-refractivity contribution is -0.123. The maximum Gasteiger partial charge on any atom is 0.258 e. The second-order valence-electron chi connectivity index (χ2n) is 5.06. The van der Waals surface area contributed by atoms with Crippen LogP contribution < -0.4 is 15.4 Å². The number of carbonyl (C=O) groups is 2. The fourth-order valence-corrected chi connectivity index (χ4v) is 2.11. The molecule has 2 N–H and O–H groups in total. The molecular weight excluding hydrogens is 342 g/mol. The number of carbonyl (C=O) groups excluding carboxylic acids is 2. The second-order valence-corrected chi connectivity index (χ2v) is 5.50. The Hall–Kier alpha value is -3.04. The van der Waals surface area contributed by atoms with Crippen LogP contribution in [-0.4, -0.2) is 18.4 Å². The molecule has 2 amide bonds. The van der Waals surface area contributed by atoms with Crippen molar-refractivity contribution in [3.8, 4) is 11.8 Å². The van der Waals surface area contributed by atoms with E-state index in [1.54, 1.807) is 54.6 Å². The average molecular weight is 358 g/mol. The molecule has 0 atom stereocenters. The number of halogens is 1. The molecule has 0 saturated heterocycles. The largest absolute Gasteiger partial charge is 0.484 e. The van der Waals surface area contributed by atoms with Gasteiger partial charge < -0.3 is 15.4 Å². The molecule has 0 aliphatic carbocycles. The van der Waals surface area contributed by atoms with Crippen LogP contribution in [0.1, 0.15) is 12.0 Å².